The number of anilines is 1. The molecule has 2 aromatic heterocycles. The monoisotopic (exact) mass is 611 g/mol. The number of hydrogen-bond donors (Lipinski definition) is 1. The average Bonchev–Trinajstić information content (AvgIpc) is 2.88. The lowest BCUT2D eigenvalue weighted by Gasteiger charge is -2.18. The largest absolute Gasteiger partial charge is 0.473 e. The Morgan fingerprint density at radius 1 is 0.872 bits per heavy atom. The van der Waals surface area contributed by atoms with E-state index in [0.29, 0.717) is 11.1 Å². The molecule has 0 atom stereocenters. The highest BCUT2D eigenvalue weighted by molar-refractivity contribution is 9.10. The number of nitrogens with zero attached hydrogens (tertiary/aromatic N) is 4. The molecule has 0 saturated heterocycles. The summed E-state index contributed by atoms with van der Waals surface area (Å²) in [6.07, 6.45) is 5.26. The predicted octanol–water partition coefficient (Wildman–Crippen LogP) is 5.85. The highest BCUT2D eigenvalue weighted by atomic mass is 79.9. The van der Waals surface area contributed by atoms with E-state index in [1.807, 2.05) is 43.3 Å². The van der Waals surface area contributed by atoms with Gasteiger partial charge in [-0.15, -0.1) is 0 Å². The zero-order valence-electron chi connectivity index (χ0n) is 22.2. The van der Waals surface area contributed by atoms with Crippen molar-refractivity contribution >= 4 is 31.8 Å². The van der Waals surface area contributed by atoms with E-state index in [9.17, 15) is 8.42 Å². The number of aromatic nitrogens is 4. The van der Waals surface area contributed by atoms with E-state index in [2.05, 4.69) is 61.4 Å². The number of aryl methyl sites for hydroxylation is 1. The van der Waals surface area contributed by atoms with Gasteiger partial charge in [-0.3, -0.25) is 4.72 Å². The van der Waals surface area contributed by atoms with Gasteiger partial charge in [0.05, 0.1) is 14.9 Å². The van der Waals surface area contributed by atoms with Crippen molar-refractivity contribution in [3.63, 3.8) is 0 Å². The number of nitrogens with one attached hydrogen (secondary N) is 1. The quantitative estimate of drug-likeness (QED) is 0.222. The van der Waals surface area contributed by atoms with Crippen molar-refractivity contribution in [2.24, 2.45) is 5.41 Å². The smallest absolute Gasteiger partial charge is 0.316 e. The Morgan fingerprint density at radius 3 is 2.15 bits per heavy atom. The topological polar surface area (TPSA) is 116 Å². The Morgan fingerprint density at radius 2 is 1.51 bits per heavy atom. The summed E-state index contributed by atoms with van der Waals surface area (Å²) in [4.78, 5) is 16.8. The van der Waals surface area contributed by atoms with Crippen LogP contribution in [0.3, 0.4) is 0 Å². The molecule has 4 rings (SSSR count). The summed E-state index contributed by atoms with van der Waals surface area (Å²) in [7, 11) is -3.93. The van der Waals surface area contributed by atoms with Crippen LogP contribution < -0.4 is 14.2 Å². The first-order valence-corrected chi connectivity index (χ1v) is 14.5. The molecular formula is C28H30BrN5O4S. The van der Waals surface area contributed by atoms with Gasteiger partial charge in [-0.1, -0.05) is 62.7 Å². The highest BCUT2D eigenvalue weighted by Crippen LogP contribution is 2.35. The van der Waals surface area contributed by atoms with E-state index < -0.39 is 10.0 Å². The molecule has 2 heterocycles. The van der Waals surface area contributed by atoms with Gasteiger partial charge in [-0.25, -0.2) is 28.4 Å². The highest BCUT2D eigenvalue weighted by Gasteiger charge is 2.22. The molecule has 0 bridgehead atoms. The molecule has 1 N–H and O–H groups in total. The second-order valence-electron chi connectivity index (χ2n) is 10.1. The van der Waals surface area contributed by atoms with Crippen molar-refractivity contribution in [2.75, 3.05) is 17.9 Å². The zero-order chi connectivity index (χ0) is 28.0. The van der Waals surface area contributed by atoms with Gasteiger partial charge in [0.1, 0.15) is 19.5 Å². The number of hydrogen-bond acceptors (Lipinski definition) is 8. The molecular weight excluding hydrogens is 582 g/mol. The van der Waals surface area contributed by atoms with Gasteiger partial charge in [0.15, 0.2) is 5.82 Å². The van der Waals surface area contributed by atoms with Crippen molar-refractivity contribution in [1.29, 1.82) is 0 Å². The molecule has 0 unspecified atom stereocenters. The summed E-state index contributed by atoms with van der Waals surface area (Å²) in [5.74, 6) is 0.326. The van der Waals surface area contributed by atoms with Crippen molar-refractivity contribution < 1.29 is 17.9 Å². The van der Waals surface area contributed by atoms with Crippen LogP contribution >= 0.6 is 15.9 Å². The Hall–Kier alpha value is -3.57. The SMILES string of the molecule is Cc1ccc(-c2c(NS(=O)(=O)c3ccc(CC(C)(C)C)cc3)ncnc2OCCOc2ncc(Br)cn2)cc1. The van der Waals surface area contributed by atoms with Crippen LogP contribution in [-0.2, 0) is 16.4 Å². The number of ether oxygens (including phenoxy) is 2. The molecule has 0 aliphatic carbocycles. The molecule has 4 aromatic rings. The zero-order valence-corrected chi connectivity index (χ0v) is 24.6. The molecule has 0 fully saturated rings. The van der Waals surface area contributed by atoms with Gasteiger partial charge in [-0.2, -0.15) is 0 Å². The second kappa shape index (κ2) is 12.1. The summed E-state index contributed by atoms with van der Waals surface area (Å²) < 4.78 is 41.5. The van der Waals surface area contributed by atoms with Crippen LogP contribution in [0.25, 0.3) is 11.1 Å². The van der Waals surface area contributed by atoms with Gasteiger partial charge in [-0.05, 0) is 57.9 Å². The first-order valence-electron chi connectivity index (χ1n) is 12.3. The molecule has 0 radical (unpaired) electrons. The van der Waals surface area contributed by atoms with Crippen molar-refractivity contribution in [3.05, 3.63) is 82.9 Å². The lowest BCUT2D eigenvalue weighted by atomic mass is 9.88. The van der Waals surface area contributed by atoms with E-state index in [4.69, 9.17) is 9.47 Å². The normalized spacial score (nSPS) is 11.7. The minimum Gasteiger partial charge on any atom is -0.473 e. The third kappa shape index (κ3) is 7.96. The third-order valence-corrected chi connectivity index (χ3v) is 7.27. The fourth-order valence-corrected chi connectivity index (χ4v) is 4.99. The lowest BCUT2D eigenvalue weighted by Crippen LogP contribution is -2.17. The van der Waals surface area contributed by atoms with Gasteiger partial charge in [0.2, 0.25) is 5.88 Å². The van der Waals surface area contributed by atoms with E-state index in [1.165, 1.54) is 6.33 Å². The summed E-state index contributed by atoms with van der Waals surface area (Å²) in [6, 6.07) is 14.7. The van der Waals surface area contributed by atoms with Gasteiger partial charge >= 0.3 is 6.01 Å². The van der Waals surface area contributed by atoms with Gasteiger partial charge in [0, 0.05) is 12.4 Å². The minimum absolute atomic E-state index is 0.0925. The van der Waals surface area contributed by atoms with Crippen LogP contribution in [0.4, 0.5) is 5.82 Å². The van der Waals surface area contributed by atoms with E-state index in [0.717, 1.165) is 22.0 Å². The second-order valence-corrected chi connectivity index (χ2v) is 12.7. The first-order chi connectivity index (χ1) is 18.5. The third-order valence-electron chi connectivity index (χ3n) is 5.50. The Labute approximate surface area is 237 Å². The fraction of sp³-hybridized carbons (Fsp3) is 0.286. The van der Waals surface area contributed by atoms with Crippen molar-refractivity contribution in [1.82, 2.24) is 19.9 Å². The van der Waals surface area contributed by atoms with Crippen molar-refractivity contribution in [2.45, 2.75) is 39.0 Å². The number of benzene rings is 2. The molecule has 9 nitrogen and oxygen atoms in total. The first kappa shape index (κ1) is 28.4. The summed E-state index contributed by atoms with van der Waals surface area (Å²) in [6.45, 7) is 8.67. The van der Waals surface area contributed by atoms with Crippen LogP contribution in [0.2, 0.25) is 0 Å². The molecule has 0 amide bonds. The summed E-state index contributed by atoms with van der Waals surface area (Å²) >= 11 is 3.28. The molecule has 0 aliphatic heterocycles. The molecule has 2 aromatic carbocycles. The molecule has 11 heteroatoms. The Balaban J connectivity index is 1.57. The molecule has 39 heavy (non-hydrogen) atoms. The number of rotatable bonds is 10. The van der Waals surface area contributed by atoms with Crippen LogP contribution in [0.1, 0.15) is 31.9 Å². The Bertz CT molecular complexity index is 1510. The molecule has 0 saturated carbocycles. The maximum Gasteiger partial charge on any atom is 0.316 e. The summed E-state index contributed by atoms with van der Waals surface area (Å²) in [5.41, 5.74) is 3.33. The summed E-state index contributed by atoms with van der Waals surface area (Å²) in [5, 5.41) is 0. The minimum atomic E-state index is -3.93. The molecule has 0 aliphatic rings. The van der Waals surface area contributed by atoms with E-state index in [-0.39, 0.29) is 41.2 Å². The predicted molar refractivity (Wildman–Crippen MR) is 153 cm³/mol. The van der Waals surface area contributed by atoms with Crippen molar-refractivity contribution in [3.8, 4) is 23.0 Å². The molecule has 204 valence electrons. The van der Waals surface area contributed by atoms with Crippen LogP contribution in [-0.4, -0.2) is 41.6 Å². The molecule has 0 spiro atoms. The Kier molecular flexibility index (Phi) is 8.81. The maximum atomic E-state index is 13.3. The van der Waals surface area contributed by atoms with Crippen LogP contribution in [0.5, 0.6) is 11.9 Å². The van der Waals surface area contributed by atoms with Gasteiger partial charge in [0.25, 0.3) is 10.0 Å². The maximum absolute atomic E-state index is 13.3. The van der Waals surface area contributed by atoms with Crippen LogP contribution in [0, 0.1) is 12.3 Å². The van der Waals surface area contributed by atoms with Gasteiger partial charge < -0.3 is 9.47 Å². The van der Waals surface area contributed by atoms with Crippen LogP contribution in [0.15, 0.2) is 76.6 Å². The fourth-order valence-electron chi connectivity index (χ4n) is 3.77. The number of halogens is 1. The lowest BCUT2D eigenvalue weighted by molar-refractivity contribution is 0.202. The van der Waals surface area contributed by atoms with E-state index in [1.54, 1.807) is 24.5 Å². The standard InChI is InChI=1S/C28H30BrN5O4S/c1-19-5-9-21(10-6-19)24-25(34-39(35,36)23-11-7-20(8-12-23)15-28(2,3)4)32-18-33-26(24)37-13-14-38-27-30-16-22(29)17-31-27/h5-12,16-18H,13-15H2,1-4H3,(H,32,33,34). The van der Waals surface area contributed by atoms with E-state index >= 15 is 0 Å². The number of sulfonamides is 1. The average molecular weight is 613 g/mol.